The molecule has 2 amide bonds. The minimum absolute atomic E-state index is 0.0737. The van der Waals surface area contributed by atoms with Crippen LogP contribution in [-0.2, 0) is 16.0 Å². The van der Waals surface area contributed by atoms with Crippen LogP contribution in [0.15, 0.2) is 42.5 Å². The molecule has 0 spiro atoms. The highest BCUT2D eigenvalue weighted by Crippen LogP contribution is 2.34. The Morgan fingerprint density at radius 3 is 2.52 bits per heavy atom. The SMILES string of the molecule is COc1ccc(OCC(=O)Nc2ccc3c(c2)CCN3C(=O)C2CCCC2)cc1. The fourth-order valence-electron chi connectivity index (χ4n) is 4.12. The third-order valence-electron chi connectivity index (χ3n) is 5.66. The molecular weight excluding hydrogens is 368 g/mol. The van der Waals surface area contributed by atoms with E-state index in [1.54, 1.807) is 31.4 Å². The first-order valence-electron chi connectivity index (χ1n) is 10.1. The molecule has 0 radical (unpaired) electrons. The molecule has 2 aromatic carbocycles. The average molecular weight is 394 g/mol. The van der Waals surface area contributed by atoms with Gasteiger partial charge in [0, 0.05) is 23.8 Å². The summed E-state index contributed by atoms with van der Waals surface area (Å²) in [7, 11) is 1.60. The Morgan fingerprint density at radius 2 is 1.79 bits per heavy atom. The fraction of sp³-hybridized carbons (Fsp3) is 0.391. The van der Waals surface area contributed by atoms with Crippen molar-refractivity contribution >= 4 is 23.2 Å². The number of fused-ring (bicyclic) bond motifs is 1. The highest BCUT2D eigenvalue weighted by molar-refractivity contribution is 5.98. The first kappa shape index (κ1) is 19.3. The van der Waals surface area contributed by atoms with Crippen LogP contribution in [0.5, 0.6) is 11.5 Å². The monoisotopic (exact) mass is 394 g/mol. The first-order valence-corrected chi connectivity index (χ1v) is 10.1. The number of ether oxygens (including phenoxy) is 2. The predicted molar refractivity (Wildman–Crippen MR) is 112 cm³/mol. The normalized spacial score (nSPS) is 15.8. The van der Waals surface area contributed by atoms with E-state index in [9.17, 15) is 9.59 Å². The van der Waals surface area contributed by atoms with Crippen LogP contribution >= 0.6 is 0 Å². The van der Waals surface area contributed by atoms with Gasteiger partial charge in [0.05, 0.1) is 7.11 Å². The Bertz CT molecular complexity index is 888. The Morgan fingerprint density at radius 1 is 1.07 bits per heavy atom. The summed E-state index contributed by atoms with van der Waals surface area (Å²) in [6, 6.07) is 12.8. The number of nitrogens with zero attached hydrogens (tertiary/aromatic N) is 1. The number of anilines is 2. The van der Waals surface area contributed by atoms with E-state index in [1.165, 1.54) is 0 Å². The van der Waals surface area contributed by atoms with Gasteiger partial charge in [0.1, 0.15) is 11.5 Å². The zero-order valence-electron chi connectivity index (χ0n) is 16.6. The Kier molecular flexibility index (Phi) is 5.69. The van der Waals surface area contributed by atoms with Gasteiger partial charge in [-0.2, -0.15) is 0 Å². The zero-order valence-corrected chi connectivity index (χ0v) is 16.6. The largest absolute Gasteiger partial charge is 0.497 e. The van der Waals surface area contributed by atoms with Crippen molar-refractivity contribution < 1.29 is 19.1 Å². The van der Waals surface area contributed by atoms with E-state index in [0.29, 0.717) is 5.75 Å². The maximum absolute atomic E-state index is 12.8. The molecule has 0 saturated heterocycles. The summed E-state index contributed by atoms with van der Waals surface area (Å²) < 4.78 is 10.6. The second-order valence-corrected chi connectivity index (χ2v) is 7.58. The van der Waals surface area contributed by atoms with Gasteiger partial charge in [0.25, 0.3) is 5.91 Å². The molecule has 1 N–H and O–H groups in total. The molecule has 0 unspecified atom stereocenters. The Labute approximate surface area is 170 Å². The van der Waals surface area contributed by atoms with Crippen molar-refractivity contribution in [3.8, 4) is 11.5 Å². The standard InChI is InChI=1S/C23H26N2O4/c1-28-19-7-9-20(10-8-19)29-15-22(26)24-18-6-11-21-17(14-18)12-13-25(21)23(27)16-4-2-3-5-16/h6-11,14,16H,2-5,12-13,15H2,1H3,(H,24,26). The first-order chi connectivity index (χ1) is 14.1. The van der Waals surface area contributed by atoms with Crippen molar-refractivity contribution in [1.82, 2.24) is 0 Å². The highest BCUT2D eigenvalue weighted by atomic mass is 16.5. The Balaban J connectivity index is 1.34. The van der Waals surface area contributed by atoms with E-state index in [4.69, 9.17) is 9.47 Å². The molecular formula is C23H26N2O4. The van der Waals surface area contributed by atoms with Gasteiger partial charge in [-0.15, -0.1) is 0 Å². The van der Waals surface area contributed by atoms with Crippen LogP contribution in [0.3, 0.4) is 0 Å². The molecule has 6 heteroatoms. The molecule has 1 aliphatic heterocycles. The maximum Gasteiger partial charge on any atom is 0.262 e. The van der Waals surface area contributed by atoms with Gasteiger partial charge in [-0.3, -0.25) is 9.59 Å². The maximum atomic E-state index is 12.8. The van der Waals surface area contributed by atoms with E-state index < -0.39 is 0 Å². The smallest absolute Gasteiger partial charge is 0.262 e. The van der Waals surface area contributed by atoms with E-state index in [1.807, 2.05) is 23.1 Å². The number of methoxy groups -OCH3 is 1. The van der Waals surface area contributed by atoms with Crippen LogP contribution in [0.4, 0.5) is 11.4 Å². The summed E-state index contributed by atoms with van der Waals surface area (Å²) in [5, 5.41) is 2.87. The van der Waals surface area contributed by atoms with Crippen molar-refractivity contribution in [3.63, 3.8) is 0 Å². The minimum atomic E-state index is -0.224. The molecule has 4 rings (SSSR count). The predicted octanol–water partition coefficient (Wildman–Crippen LogP) is 3.79. The number of carbonyl (C=O) groups excluding carboxylic acids is 2. The lowest BCUT2D eigenvalue weighted by molar-refractivity contribution is -0.122. The summed E-state index contributed by atoms with van der Waals surface area (Å²) in [4.78, 5) is 26.9. The van der Waals surface area contributed by atoms with Gasteiger partial charge in [-0.25, -0.2) is 0 Å². The molecule has 1 fully saturated rings. The molecule has 1 aliphatic carbocycles. The van der Waals surface area contributed by atoms with Crippen molar-refractivity contribution in [2.24, 2.45) is 5.92 Å². The quantitative estimate of drug-likeness (QED) is 0.809. The van der Waals surface area contributed by atoms with E-state index >= 15 is 0 Å². The number of rotatable bonds is 6. The lowest BCUT2D eigenvalue weighted by atomic mass is 10.1. The zero-order chi connectivity index (χ0) is 20.2. The van der Waals surface area contributed by atoms with Crippen LogP contribution in [0, 0.1) is 5.92 Å². The lowest BCUT2D eigenvalue weighted by Gasteiger charge is -2.21. The molecule has 152 valence electrons. The van der Waals surface area contributed by atoms with Gasteiger partial charge in [-0.05, 0) is 67.3 Å². The third-order valence-corrected chi connectivity index (χ3v) is 5.66. The van der Waals surface area contributed by atoms with Crippen LogP contribution in [-0.4, -0.2) is 32.1 Å². The molecule has 29 heavy (non-hydrogen) atoms. The second kappa shape index (κ2) is 8.55. The van der Waals surface area contributed by atoms with Crippen molar-refractivity contribution in [1.29, 1.82) is 0 Å². The van der Waals surface area contributed by atoms with E-state index in [0.717, 1.165) is 61.3 Å². The summed E-state index contributed by atoms with van der Waals surface area (Å²) in [6.07, 6.45) is 5.14. The minimum Gasteiger partial charge on any atom is -0.497 e. The van der Waals surface area contributed by atoms with Gasteiger partial charge in [0.15, 0.2) is 6.61 Å². The summed E-state index contributed by atoms with van der Waals surface area (Å²) >= 11 is 0. The molecule has 2 aliphatic rings. The van der Waals surface area contributed by atoms with Crippen LogP contribution in [0.25, 0.3) is 0 Å². The molecule has 6 nitrogen and oxygen atoms in total. The summed E-state index contributed by atoms with van der Waals surface area (Å²) in [6.45, 7) is 0.651. The molecule has 0 atom stereocenters. The van der Waals surface area contributed by atoms with Crippen LogP contribution in [0.2, 0.25) is 0 Å². The third kappa shape index (κ3) is 4.36. The van der Waals surface area contributed by atoms with Gasteiger partial charge in [0.2, 0.25) is 5.91 Å². The van der Waals surface area contributed by atoms with Crippen LogP contribution < -0.4 is 19.7 Å². The molecule has 0 aromatic heterocycles. The molecule has 1 heterocycles. The van der Waals surface area contributed by atoms with Crippen molar-refractivity contribution in [2.45, 2.75) is 32.1 Å². The second-order valence-electron chi connectivity index (χ2n) is 7.58. The van der Waals surface area contributed by atoms with E-state index in [-0.39, 0.29) is 24.3 Å². The van der Waals surface area contributed by atoms with Crippen LogP contribution in [0.1, 0.15) is 31.2 Å². The summed E-state index contributed by atoms with van der Waals surface area (Å²) in [5.41, 5.74) is 2.81. The topological polar surface area (TPSA) is 67.9 Å². The Hall–Kier alpha value is -3.02. The number of benzene rings is 2. The van der Waals surface area contributed by atoms with Gasteiger partial charge < -0.3 is 19.7 Å². The number of amides is 2. The molecule has 2 aromatic rings. The van der Waals surface area contributed by atoms with Gasteiger partial charge >= 0.3 is 0 Å². The summed E-state index contributed by atoms with van der Waals surface area (Å²) in [5.74, 6) is 1.55. The molecule has 0 bridgehead atoms. The highest BCUT2D eigenvalue weighted by Gasteiger charge is 2.31. The number of carbonyl (C=O) groups is 2. The lowest BCUT2D eigenvalue weighted by Crippen LogP contribution is -2.33. The molecule has 1 saturated carbocycles. The number of hydrogen-bond acceptors (Lipinski definition) is 4. The fourth-order valence-corrected chi connectivity index (χ4v) is 4.12. The van der Waals surface area contributed by atoms with Crippen molar-refractivity contribution in [3.05, 3.63) is 48.0 Å². The number of nitrogens with one attached hydrogen (secondary N) is 1. The average Bonchev–Trinajstić information content (AvgIpc) is 3.42. The van der Waals surface area contributed by atoms with Crippen molar-refractivity contribution in [2.75, 3.05) is 30.5 Å². The number of hydrogen-bond donors (Lipinski definition) is 1. The van der Waals surface area contributed by atoms with E-state index in [2.05, 4.69) is 5.32 Å². The van der Waals surface area contributed by atoms with Gasteiger partial charge in [-0.1, -0.05) is 12.8 Å².